The molecule has 0 saturated carbocycles. The van der Waals surface area contributed by atoms with Crippen LogP contribution in [0.3, 0.4) is 0 Å². The molecule has 1 saturated heterocycles. The first kappa shape index (κ1) is 12.6. The molecule has 0 radical (unpaired) electrons. The van der Waals surface area contributed by atoms with Crippen LogP contribution in [0.2, 0.25) is 0 Å². The number of nitrogens with one attached hydrogen (secondary N) is 1. The Morgan fingerprint density at radius 3 is 2.88 bits per heavy atom. The van der Waals surface area contributed by atoms with Gasteiger partial charge in [-0.25, -0.2) is 0 Å². The van der Waals surface area contributed by atoms with Crippen LogP contribution in [0.5, 0.6) is 0 Å². The van der Waals surface area contributed by atoms with Gasteiger partial charge in [0.25, 0.3) is 0 Å². The third-order valence-corrected chi connectivity index (χ3v) is 4.67. The molecule has 0 spiro atoms. The molecule has 0 aliphatic carbocycles. The van der Waals surface area contributed by atoms with Gasteiger partial charge in [-0.2, -0.15) is 0 Å². The molecular weight excluding hydrogens is 284 g/mol. The van der Waals surface area contributed by atoms with E-state index in [4.69, 9.17) is 0 Å². The van der Waals surface area contributed by atoms with E-state index in [2.05, 4.69) is 44.5 Å². The van der Waals surface area contributed by atoms with Gasteiger partial charge in [-0.1, -0.05) is 6.92 Å². The molecular formula is C12H19BrN2S. The lowest BCUT2D eigenvalue weighted by Crippen LogP contribution is -2.45. The van der Waals surface area contributed by atoms with Gasteiger partial charge in [0.05, 0.1) is 0 Å². The van der Waals surface area contributed by atoms with Crippen molar-refractivity contribution >= 4 is 27.3 Å². The number of halogens is 1. The van der Waals surface area contributed by atoms with Crippen LogP contribution in [0.25, 0.3) is 0 Å². The summed E-state index contributed by atoms with van der Waals surface area (Å²) in [6.07, 6.45) is 1.21. The van der Waals surface area contributed by atoms with Crippen LogP contribution < -0.4 is 5.32 Å². The Balaban J connectivity index is 1.77. The third-order valence-electron chi connectivity index (χ3n) is 2.95. The average molecular weight is 303 g/mol. The molecule has 2 nitrogen and oxygen atoms in total. The van der Waals surface area contributed by atoms with Crippen LogP contribution in [0.15, 0.2) is 15.9 Å². The summed E-state index contributed by atoms with van der Waals surface area (Å²) in [5.74, 6) is 0.753. The molecule has 16 heavy (non-hydrogen) atoms. The molecule has 1 aromatic heterocycles. The van der Waals surface area contributed by atoms with Crippen molar-refractivity contribution in [2.75, 3.05) is 32.7 Å². The highest BCUT2D eigenvalue weighted by molar-refractivity contribution is 9.10. The van der Waals surface area contributed by atoms with E-state index in [9.17, 15) is 0 Å². The molecule has 2 heterocycles. The Morgan fingerprint density at radius 2 is 2.25 bits per heavy atom. The first-order valence-corrected chi connectivity index (χ1v) is 7.57. The Labute approximate surface area is 110 Å². The number of hydrogen-bond donors (Lipinski definition) is 1. The predicted molar refractivity (Wildman–Crippen MR) is 74.2 cm³/mol. The molecule has 1 aliphatic rings. The van der Waals surface area contributed by atoms with E-state index in [0.717, 1.165) is 19.0 Å². The number of nitrogens with zero attached hydrogens (tertiary/aromatic N) is 1. The highest BCUT2D eigenvalue weighted by Gasteiger charge is 2.13. The Hall–Kier alpha value is 0.1000. The average Bonchev–Trinajstić information content (AvgIpc) is 2.65. The molecule has 4 heteroatoms. The first-order valence-electron chi connectivity index (χ1n) is 5.90. The minimum atomic E-state index is 0.753. The van der Waals surface area contributed by atoms with Crippen LogP contribution in [0, 0.1) is 5.92 Å². The summed E-state index contributed by atoms with van der Waals surface area (Å²) in [4.78, 5) is 4.07. The fraction of sp³-hybridized carbons (Fsp3) is 0.667. The topological polar surface area (TPSA) is 15.3 Å². The van der Waals surface area contributed by atoms with Crippen LogP contribution in [-0.4, -0.2) is 37.6 Å². The fourth-order valence-electron chi connectivity index (χ4n) is 2.20. The summed E-state index contributed by atoms with van der Waals surface area (Å²) < 4.78 is 1.22. The predicted octanol–water partition coefficient (Wildman–Crippen LogP) is 2.59. The minimum absolute atomic E-state index is 0.753. The van der Waals surface area contributed by atoms with Crippen molar-refractivity contribution in [3.63, 3.8) is 0 Å². The van der Waals surface area contributed by atoms with Crippen molar-refractivity contribution in [3.05, 3.63) is 20.8 Å². The minimum Gasteiger partial charge on any atom is -0.314 e. The molecule has 90 valence electrons. The van der Waals surface area contributed by atoms with Crippen LogP contribution in [0.1, 0.15) is 11.8 Å². The van der Waals surface area contributed by atoms with Gasteiger partial charge in [-0.15, -0.1) is 11.3 Å². The normalized spacial score (nSPS) is 19.9. The lowest BCUT2D eigenvalue weighted by molar-refractivity contribution is 0.211. The third kappa shape index (κ3) is 3.84. The fourth-order valence-corrected chi connectivity index (χ4v) is 3.82. The molecule has 1 aromatic rings. The number of rotatable bonds is 4. The monoisotopic (exact) mass is 302 g/mol. The zero-order valence-corrected chi connectivity index (χ0v) is 12.1. The Bertz CT molecular complexity index is 321. The maximum Gasteiger partial charge on any atom is 0.0285 e. The van der Waals surface area contributed by atoms with Gasteiger partial charge in [0.15, 0.2) is 0 Å². The molecule has 0 aromatic carbocycles. The number of hydrogen-bond acceptors (Lipinski definition) is 3. The SMILES string of the molecule is CC(Cc1cc(Br)cs1)CN1CCNCC1. The molecule has 1 atom stereocenters. The van der Waals surface area contributed by atoms with Gasteiger partial charge in [0, 0.05) is 47.5 Å². The van der Waals surface area contributed by atoms with Crippen molar-refractivity contribution in [2.24, 2.45) is 5.92 Å². The van der Waals surface area contributed by atoms with Crippen molar-refractivity contribution in [3.8, 4) is 0 Å². The summed E-state index contributed by atoms with van der Waals surface area (Å²) in [6, 6.07) is 2.25. The van der Waals surface area contributed by atoms with Gasteiger partial charge >= 0.3 is 0 Å². The van der Waals surface area contributed by atoms with Crippen molar-refractivity contribution < 1.29 is 0 Å². The van der Waals surface area contributed by atoms with Crippen LogP contribution in [-0.2, 0) is 6.42 Å². The highest BCUT2D eigenvalue weighted by Crippen LogP contribution is 2.22. The van der Waals surface area contributed by atoms with Crippen LogP contribution in [0.4, 0.5) is 0 Å². The van der Waals surface area contributed by atoms with E-state index in [1.165, 1.54) is 35.4 Å². The molecule has 1 fully saturated rings. The van der Waals surface area contributed by atoms with E-state index in [-0.39, 0.29) is 0 Å². The summed E-state index contributed by atoms with van der Waals surface area (Å²) >= 11 is 5.37. The molecule has 2 rings (SSSR count). The van der Waals surface area contributed by atoms with Crippen molar-refractivity contribution in [1.29, 1.82) is 0 Å². The van der Waals surface area contributed by atoms with Gasteiger partial charge < -0.3 is 10.2 Å². The van der Waals surface area contributed by atoms with Crippen molar-refractivity contribution in [1.82, 2.24) is 10.2 Å². The Kier molecular flexibility index (Phi) is 4.82. The summed E-state index contributed by atoms with van der Waals surface area (Å²) in [5.41, 5.74) is 0. The number of thiophene rings is 1. The van der Waals surface area contributed by atoms with Crippen LogP contribution >= 0.6 is 27.3 Å². The number of piperazine rings is 1. The summed E-state index contributed by atoms with van der Waals surface area (Å²) in [5, 5.41) is 5.57. The standard InChI is InChI=1S/C12H19BrN2S/c1-10(6-12-7-11(13)9-16-12)8-15-4-2-14-3-5-15/h7,9-10,14H,2-6,8H2,1H3. The van der Waals surface area contributed by atoms with Gasteiger partial charge in [-0.05, 0) is 34.3 Å². The summed E-state index contributed by atoms with van der Waals surface area (Å²) in [6.45, 7) is 8.30. The molecule has 0 amide bonds. The zero-order valence-electron chi connectivity index (χ0n) is 9.71. The van der Waals surface area contributed by atoms with Gasteiger partial charge in [0.2, 0.25) is 0 Å². The van der Waals surface area contributed by atoms with E-state index in [0.29, 0.717) is 0 Å². The largest absolute Gasteiger partial charge is 0.314 e. The molecule has 1 unspecified atom stereocenters. The lowest BCUT2D eigenvalue weighted by Gasteiger charge is -2.29. The second-order valence-electron chi connectivity index (χ2n) is 4.59. The maximum absolute atomic E-state index is 3.51. The van der Waals surface area contributed by atoms with E-state index in [1.54, 1.807) is 0 Å². The maximum atomic E-state index is 3.51. The van der Waals surface area contributed by atoms with Crippen molar-refractivity contribution in [2.45, 2.75) is 13.3 Å². The quantitative estimate of drug-likeness (QED) is 0.920. The summed E-state index contributed by atoms with van der Waals surface area (Å²) in [7, 11) is 0. The molecule has 1 N–H and O–H groups in total. The molecule has 0 bridgehead atoms. The molecule has 1 aliphatic heterocycles. The zero-order chi connectivity index (χ0) is 11.4. The van der Waals surface area contributed by atoms with E-state index in [1.807, 2.05) is 11.3 Å². The smallest absolute Gasteiger partial charge is 0.0285 e. The van der Waals surface area contributed by atoms with Gasteiger partial charge in [0.1, 0.15) is 0 Å². The van der Waals surface area contributed by atoms with Gasteiger partial charge in [-0.3, -0.25) is 0 Å². The Morgan fingerprint density at radius 1 is 1.50 bits per heavy atom. The van der Waals surface area contributed by atoms with E-state index < -0.39 is 0 Å². The second kappa shape index (κ2) is 6.15. The highest BCUT2D eigenvalue weighted by atomic mass is 79.9. The first-order chi connectivity index (χ1) is 7.74. The lowest BCUT2D eigenvalue weighted by atomic mass is 10.1. The second-order valence-corrected chi connectivity index (χ2v) is 6.50. The van der Waals surface area contributed by atoms with E-state index >= 15 is 0 Å².